The van der Waals surface area contributed by atoms with Gasteiger partial charge >= 0.3 is 6.01 Å². The number of aliphatic hydroxyl groups excluding tert-OH is 1. The van der Waals surface area contributed by atoms with Crippen LogP contribution in [0.15, 0.2) is 24.3 Å². The number of aryl methyl sites for hydroxylation is 2. The molecule has 0 fully saturated rings. The van der Waals surface area contributed by atoms with E-state index in [0.29, 0.717) is 17.1 Å². The molecule has 5 heteroatoms. The zero-order valence-electron chi connectivity index (χ0n) is 10.1. The number of ether oxygens (including phenoxy) is 1. The van der Waals surface area contributed by atoms with Crippen LogP contribution in [0, 0.1) is 19.7 Å². The lowest BCUT2D eigenvalue weighted by atomic mass is 10.2. The highest BCUT2D eigenvalue weighted by molar-refractivity contribution is 5.34. The van der Waals surface area contributed by atoms with E-state index in [1.807, 2.05) is 0 Å². The van der Waals surface area contributed by atoms with E-state index in [1.165, 1.54) is 12.1 Å². The van der Waals surface area contributed by atoms with Crippen LogP contribution in [0.25, 0.3) is 0 Å². The van der Waals surface area contributed by atoms with Gasteiger partial charge in [0.2, 0.25) is 0 Å². The molecule has 0 amide bonds. The Labute approximate surface area is 104 Å². The van der Waals surface area contributed by atoms with Crippen molar-refractivity contribution in [2.45, 2.75) is 20.5 Å². The van der Waals surface area contributed by atoms with Crippen molar-refractivity contribution in [2.24, 2.45) is 0 Å². The first kappa shape index (κ1) is 12.4. The Morgan fingerprint density at radius 3 is 2.72 bits per heavy atom. The van der Waals surface area contributed by atoms with Crippen molar-refractivity contribution in [1.82, 2.24) is 9.97 Å². The van der Waals surface area contributed by atoms with Gasteiger partial charge < -0.3 is 9.84 Å². The highest BCUT2D eigenvalue weighted by Crippen LogP contribution is 2.23. The van der Waals surface area contributed by atoms with Gasteiger partial charge in [-0.15, -0.1) is 0 Å². The molecular weight excluding hydrogens is 235 g/mol. The Kier molecular flexibility index (Phi) is 3.53. The van der Waals surface area contributed by atoms with Gasteiger partial charge in [0.1, 0.15) is 11.6 Å². The van der Waals surface area contributed by atoms with Gasteiger partial charge in [-0.25, -0.2) is 9.37 Å². The first-order valence-electron chi connectivity index (χ1n) is 5.48. The summed E-state index contributed by atoms with van der Waals surface area (Å²) in [5.74, 6) is -0.0184. The average molecular weight is 248 g/mol. The summed E-state index contributed by atoms with van der Waals surface area (Å²) in [4.78, 5) is 8.09. The van der Waals surface area contributed by atoms with E-state index in [1.54, 1.807) is 26.0 Å². The Hall–Kier alpha value is -2.01. The summed E-state index contributed by atoms with van der Waals surface area (Å²) in [6.07, 6.45) is 0. The second kappa shape index (κ2) is 5.10. The number of aromatic nitrogens is 2. The van der Waals surface area contributed by atoms with Crippen LogP contribution in [0.2, 0.25) is 0 Å². The minimum absolute atomic E-state index is 0.104. The van der Waals surface area contributed by atoms with E-state index in [4.69, 9.17) is 9.84 Å². The first-order chi connectivity index (χ1) is 8.58. The third-order valence-corrected chi connectivity index (χ3v) is 2.40. The number of nitrogens with zero attached hydrogens (tertiary/aromatic N) is 2. The third kappa shape index (κ3) is 2.81. The molecule has 0 saturated carbocycles. The molecule has 94 valence electrons. The van der Waals surface area contributed by atoms with Gasteiger partial charge in [0.15, 0.2) is 0 Å². The zero-order chi connectivity index (χ0) is 13.1. The lowest BCUT2D eigenvalue weighted by Gasteiger charge is -2.08. The summed E-state index contributed by atoms with van der Waals surface area (Å²) in [7, 11) is 0. The molecule has 4 nitrogen and oxygen atoms in total. The molecule has 0 aliphatic rings. The largest absolute Gasteiger partial charge is 0.424 e. The van der Waals surface area contributed by atoms with Crippen molar-refractivity contribution >= 4 is 0 Å². The Balaban J connectivity index is 2.33. The predicted octanol–water partition coefficient (Wildman–Crippen LogP) is 2.52. The Morgan fingerprint density at radius 2 is 2.00 bits per heavy atom. The average Bonchev–Trinajstić information content (AvgIpc) is 2.33. The molecule has 1 heterocycles. The van der Waals surface area contributed by atoms with Crippen molar-refractivity contribution in [2.75, 3.05) is 0 Å². The fourth-order valence-electron chi connectivity index (χ4n) is 1.51. The molecule has 18 heavy (non-hydrogen) atoms. The summed E-state index contributed by atoms with van der Waals surface area (Å²) in [5.41, 5.74) is 1.93. The maximum atomic E-state index is 13.1. The number of halogens is 1. The summed E-state index contributed by atoms with van der Waals surface area (Å²) in [6.45, 7) is 3.38. The van der Waals surface area contributed by atoms with Gasteiger partial charge in [-0.05, 0) is 31.5 Å². The highest BCUT2D eigenvalue weighted by atomic mass is 19.1. The van der Waals surface area contributed by atoms with E-state index in [-0.39, 0.29) is 18.4 Å². The summed E-state index contributed by atoms with van der Waals surface area (Å²) < 4.78 is 18.6. The van der Waals surface area contributed by atoms with Crippen molar-refractivity contribution < 1.29 is 14.2 Å². The fraction of sp³-hybridized carbons (Fsp3) is 0.231. The molecule has 2 aromatic rings. The van der Waals surface area contributed by atoms with Crippen molar-refractivity contribution in [3.05, 3.63) is 47.0 Å². The first-order valence-corrected chi connectivity index (χ1v) is 5.48. The quantitative estimate of drug-likeness (QED) is 0.906. The molecule has 0 atom stereocenters. The molecule has 1 aromatic carbocycles. The topological polar surface area (TPSA) is 55.2 Å². The van der Waals surface area contributed by atoms with Gasteiger partial charge in [0.25, 0.3) is 0 Å². The van der Waals surface area contributed by atoms with Crippen molar-refractivity contribution in [3.63, 3.8) is 0 Å². The van der Waals surface area contributed by atoms with Crippen molar-refractivity contribution in [3.8, 4) is 11.8 Å². The van der Waals surface area contributed by atoms with E-state index in [9.17, 15) is 4.39 Å². The predicted molar refractivity (Wildman–Crippen MR) is 63.9 cm³/mol. The van der Waals surface area contributed by atoms with Gasteiger partial charge in [0.05, 0.1) is 12.3 Å². The summed E-state index contributed by atoms with van der Waals surface area (Å²) >= 11 is 0. The van der Waals surface area contributed by atoms with Gasteiger partial charge in [-0.1, -0.05) is 6.07 Å². The second-order valence-electron chi connectivity index (χ2n) is 3.95. The second-order valence-corrected chi connectivity index (χ2v) is 3.95. The SMILES string of the molecule is Cc1cc(CO)nc(Oc2cc(F)ccc2C)n1. The molecule has 0 aliphatic heterocycles. The van der Waals surface area contributed by atoms with E-state index in [0.717, 1.165) is 5.56 Å². The maximum Gasteiger partial charge on any atom is 0.322 e. The van der Waals surface area contributed by atoms with Crippen LogP contribution in [-0.2, 0) is 6.61 Å². The monoisotopic (exact) mass is 248 g/mol. The molecule has 1 aromatic heterocycles. The number of rotatable bonds is 3. The lowest BCUT2D eigenvalue weighted by molar-refractivity contribution is 0.274. The van der Waals surface area contributed by atoms with E-state index < -0.39 is 0 Å². The fourth-order valence-corrected chi connectivity index (χ4v) is 1.51. The van der Waals surface area contributed by atoms with E-state index >= 15 is 0 Å². The van der Waals surface area contributed by atoms with Gasteiger partial charge in [0, 0.05) is 11.8 Å². The Morgan fingerprint density at radius 1 is 1.22 bits per heavy atom. The summed E-state index contributed by atoms with van der Waals surface area (Å²) in [6, 6.07) is 6.02. The molecular formula is C13H13FN2O2. The lowest BCUT2D eigenvalue weighted by Crippen LogP contribution is -1.99. The van der Waals surface area contributed by atoms with Gasteiger partial charge in [-0.2, -0.15) is 4.98 Å². The molecule has 1 N–H and O–H groups in total. The van der Waals surface area contributed by atoms with Crippen LogP contribution >= 0.6 is 0 Å². The summed E-state index contributed by atoms with van der Waals surface area (Å²) in [5, 5.41) is 9.05. The molecule has 0 radical (unpaired) electrons. The molecule has 0 aliphatic carbocycles. The molecule has 0 spiro atoms. The van der Waals surface area contributed by atoms with Gasteiger partial charge in [-0.3, -0.25) is 0 Å². The van der Waals surface area contributed by atoms with Crippen LogP contribution in [-0.4, -0.2) is 15.1 Å². The number of hydrogen-bond donors (Lipinski definition) is 1. The van der Waals surface area contributed by atoms with Crippen LogP contribution in [0.4, 0.5) is 4.39 Å². The smallest absolute Gasteiger partial charge is 0.322 e. The minimum Gasteiger partial charge on any atom is -0.424 e. The number of hydrogen-bond acceptors (Lipinski definition) is 4. The van der Waals surface area contributed by atoms with Crippen LogP contribution in [0.1, 0.15) is 17.0 Å². The normalized spacial score (nSPS) is 10.4. The molecule has 0 saturated heterocycles. The number of benzene rings is 1. The molecule has 0 unspecified atom stereocenters. The standard InChI is InChI=1S/C13H13FN2O2/c1-8-3-4-10(14)6-12(8)18-13-15-9(2)5-11(7-17)16-13/h3-6,17H,7H2,1-2H3. The minimum atomic E-state index is -0.384. The van der Waals surface area contributed by atoms with Crippen LogP contribution in [0.3, 0.4) is 0 Å². The highest BCUT2D eigenvalue weighted by Gasteiger charge is 2.07. The number of aliphatic hydroxyl groups is 1. The molecule has 2 rings (SSSR count). The van der Waals surface area contributed by atoms with Crippen LogP contribution < -0.4 is 4.74 Å². The molecule has 0 bridgehead atoms. The van der Waals surface area contributed by atoms with E-state index in [2.05, 4.69) is 9.97 Å². The Bertz CT molecular complexity index is 573. The zero-order valence-corrected chi connectivity index (χ0v) is 10.1. The van der Waals surface area contributed by atoms with Crippen molar-refractivity contribution in [1.29, 1.82) is 0 Å². The van der Waals surface area contributed by atoms with Crippen LogP contribution in [0.5, 0.6) is 11.8 Å². The maximum absolute atomic E-state index is 13.1. The third-order valence-electron chi connectivity index (χ3n) is 2.40.